The molecule has 0 aromatic heterocycles. The van der Waals surface area contributed by atoms with Gasteiger partial charge in [-0.3, -0.25) is 14.4 Å². The number of benzene rings is 3. The molecule has 1 aliphatic rings. The summed E-state index contributed by atoms with van der Waals surface area (Å²) in [6, 6.07) is 19.7. The van der Waals surface area contributed by atoms with Crippen molar-refractivity contribution in [1.29, 1.82) is 0 Å². The van der Waals surface area contributed by atoms with Gasteiger partial charge in [0.15, 0.2) is 6.61 Å². The van der Waals surface area contributed by atoms with Gasteiger partial charge in [0.1, 0.15) is 5.75 Å². The summed E-state index contributed by atoms with van der Waals surface area (Å²) in [7, 11) is 0. The zero-order chi connectivity index (χ0) is 24.2. The summed E-state index contributed by atoms with van der Waals surface area (Å²) in [5.74, 6) is -0.109. The molecule has 0 unspecified atom stereocenters. The Hall–Kier alpha value is -3.36. The van der Waals surface area contributed by atoms with Crippen LogP contribution in [-0.4, -0.2) is 23.7 Å². The number of aryl methyl sites for hydroxylation is 2. The van der Waals surface area contributed by atoms with Gasteiger partial charge >= 0.3 is 0 Å². The number of para-hydroxylation sites is 1. The van der Waals surface area contributed by atoms with Crippen molar-refractivity contribution in [2.75, 3.05) is 16.8 Å². The fourth-order valence-corrected chi connectivity index (χ4v) is 4.69. The molecule has 0 saturated carbocycles. The molecule has 1 N–H and O–H groups in total. The van der Waals surface area contributed by atoms with Crippen LogP contribution in [0.4, 0.5) is 16.2 Å². The van der Waals surface area contributed by atoms with E-state index in [1.165, 1.54) is 4.90 Å². The summed E-state index contributed by atoms with van der Waals surface area (Å²) >= 11 is 4.37. The van der Waals surface area contributed by atoms with E-state index >= 15 is 0 Å². The first-order valence-corrected chi connectivity index (χ1v) is 12.1. The van der Waals surface area contributed by atoms with E-state index in [2.05, 4.69) is 21.2 Å². The standard InChI is InChI=1S/C26H21BrN2O4S/c1-16-12-21(27)22(13-17(16)2)28-24(30)15-33-20-10-8-18(9-11-20)14-23-25(31)29(26(32)34-23)19-6-4-3-5-7-19/h3-14H,15H2,1-2H3,(H,28,30)/b23-14-. The molecule has 6 nitrogen and oxygen atoms in total. The van der Waals surface area contributed by atoms with Gasteiger partial charge < -0.3 is 10.1 Å². The first-order chi connectivity index (χ1) is 16.3. The second-order valence-corrected chi connectivity index (χ2v) is 9.52. The van der Waals surface area contributed by atoms with Gasteiger partial charge in [0.25, 0.3) is 17.1 Å². The molecule has 3 amide bonds. The highest BCUT2D eigenvalue weighted by molar-refractivity contribution is 9.10. The van der Waals surface area contributed by atoms with Crippen LogP contribution in [0.25, 0.3) is 6.08 Å². The number of carbonyl (C=O) groups excluding carboxylic acids is 3. The molecule has 0 aliphatic carbocycles. The van der Waals surface area contributed by atoms with Crippen LogP contribution in [0, 0.1) is 13.8 Å². The number of thioether (sulfide) groups is 1. The number of hydrogen-bond donors (Lipinski definition) is 1. The number of carbonyl (C=O) groups is 3. The topological polar surface area (TPSA) is 75.7 Å². The summed E-state index contributed by atoms with van der Waals surface area (Å²) in [5.41, 5.74) is 4.19. The van der Waals surface area contributed by atoms with Crippen LogP contribution in [0.3, 0.4) is 0 Å². The Kier molecular flexibility index (Phi) is 7.19. The Morgan fingerprint density at radius 3 is 2.41 bits per heavy atom. The highest BCUT2D eigenvalue weighted by Gasteiger charge is 2.36. The van der Waals surface area contributed by atoms with Gasteiger partial charge in [-0.15, -0.1) is 0 Å². The number of halogens is 1. The SMILES string of the molecule is Cc1cc(Br)c(NC(=O)COc2ccc(/C=C3\SC(=O)N(c4ccccc4)C3=O)cc2)cc1C. The predicted molar refractivity (Wildman–Crippen MR) is 139 cm³/mol. The minimum atomic E-state index is -0.351. The Morgan fingerprint density at radius 2 is 1.71 bits per heavy atom. The highest BCUT2D eigenvalue weighted by Crippen LogP contribution is 2.35. The molecule has 0 bridgehead atoms. The van der Waals surface area contributed by atoms with Gasteiger partial charge in [-0.05, 0) is 101 Å². The molecule has 4 rings (SSSR count). The van der Waals surface area contributed by atoms with E-state index in [1.807, 2.05) is 32.0 Å². The maximum Gasteiger partial charge on any atom is 0.298 e. The third-order valence-corrected chi connectivity index (χ3v) is 6.74. The third-order valence-electron chi connectivity index (χ3n) is 5.21. The monoisotopic (exact) mass is 536 g/mol. The molecule has 0 radical (unpaired) electrons. The van der Waals surface area contributed by atoms with E-state index in [-0.39, 0.29) is 23.7 Å². The summed E-state index contributed by atoms with van der Waals surface area (Å²) < 4.78 is 6.40. The molecule has 3 aromatic rings. The van der Waals surface area contributed by atoms with E-state index < -0.39 is 0 Å². The minimum Gasteiger partial charge on any atom is -0.484 e. The molecule has 1 saturated heterocycles. The number of imide groups is 1. The molecule has 34 heavy (non-hydrogen) atoms. The molecular weight excluding hydrogens is 516 g/mol. The quantitative estimate of drug-likeness (QED) is 0.373. The fourth-order valence-electron chi connectivity index (χ4n) is 3.29. The molecule has 0 atom stereocenters. The van der Waals surface area contributed by atoms with Crippen LogP contribution in [-0.2, 0) is 9.59 Å². The van der Waals surface area contributed by atoms with Crippen molar-refractivity contribution in [3.05, 3.63) is 92.8 Å². The number of anilines is 2. The van der Waals surface area contributed by atoms with Crippen LogP contribution >= 0.6 is 27.7 Å². The molecule has 1 aliphatic heterocycles. The second kappa shape index (κ2) is 10.3. The van der Waals surface area contributed by atoms with Gasteiger partial charge in [0.2, 0.25) is 0 Å². The second-order valence-electron chi connectivity index (χ2n) is 7.67. The van der Waals surface area contributed by atoms with Crippen molar-refractivity contribution in [1.82, 2.24) is 0 Å². The van der Waals surface area contributed by atoms with Crippen LogP contribution in [0.1, 0.15) is 16.7 Å². The van der Waals surface area contributed by atoms with Crippen LogP contribution in [0.2, 0.25) is 0 Å². The minimum absolute atomic E-state index is 0.144. The van der Waals surface area contributed by atoms with Gasteiger partial charge in [0, 0.05) is 4.47 Å². The Labute approximate surface area is 210 Å². The van der Waals surface area contributed by atoms with E-state index in [0.29, 0.717) is 22.0 Å². The molecule has 0 spiro atoms. The number of rotatable bonds is 6. The van der Waals surface area contributed by atoms with Crippen molar-refractivity contribution in [2.24, 2.45) is 0 Å². The summed E-state index contributed by atoms with van der Waals surface area (Å²) in [6.45, 7) is 3.85. The Morgan fingerprint density at radius 1 is 1.03 bits per heavy atom. The third kappa shape index (κ3) is 5.40. The molecule has 1 heterocycles. The van der Waals surface area contributed by atoms with Gasteiger partial charge in [-0.2, -0.15) is 0 Å². The van der Waals surface area contributed by atoms with E-state index in [9.17, 15) is 14.4 Å². The number of nitrogens with zero attached hydrogens (tertiary/aromatic N) is 1. The van der Waals surface area contributed by atoms with Crippen LogP contribution < -0.4 is 15.0 Å². The van der Waals surface area contributed by atoms with Gasteiger partial charge in [-0.25, -0.2) is 4.90 Å². The Bertz CT molecular complexity index is 1290. The molecular formula is C26H21BrN2O4S. The first-order valence-electron chi connectivity index (χ1n) is 10.4. The van der Waals surface area contributed by atoms with Crippen molar-refractivity contribution in [2.45, 2.75) is 13.8 Å². The molecule has 172 valence electrons. The highest BCUT2D eigenvalue weighted by atomic mass is 79.9. The fraction of sp³-hybridized carbons (Fsp3) is 0.115. The number of amides is 3. The van der Waals surface area contributed by atoms with Gasteiger partial charge in [-0.1, -0.05) is 30.3 Å². The smallest absolute Gasteiger partial charge is 0.298 e. The van der Waals surface area contributed by atoms with Crippen molar-refractivity contribution in [3.63, 3.8) is 0 Å². The summed E-state index contributed by atoms with van der Waals surface area (Å²) in [6.07, 6.45) is 1.67. The van der Waals surface area contributed by atoms with E-state index in [0.717, 1.165) is 32.9 Å². The van der Waals surface area contributed by atoms with Crippen LogP contribution in [0.5, 0.6) is 5.75 Å². The van der Waals surface area contributed by atoms with E-state index in [4.69, 9.17) is 4.74 Å². The lowest BCUT2D eigenvalue weighted by molar-refractivity contribution is -0.118. The Balaban J connectivity index is 1.37. The zero-order valence-corrected chi connectivity index (χ0v) is 20.9. The zero-order valence-electron chi connectivity index (χ0n) is 18.5. The van der Waals surface area contributed by atoms with Crippen molar-refractivity contribution < 1.29 is 19.1 Å². The molecule has 8 heteroatoms. The average Bonchev–Trinajstić information content (AvgIpc) is 3.10. The number of nitrogens with one attached hydrogen (secondary N) is 1. The predicted octanol–water partition coefficient (Wildman–Crippen LogP) is 6.32. The lowest BCUT2D eigenvalue weighted by atomic mass is 10.1. The lowest BCUT2D eigenvalue weighted by Gasteiger charge is -2.11. The van der Waals surface area contributed by atoms with E-state index in [1.54, 1.807) is 54.6 Å². The lowest BCUT2D eigenvalue weighted by Crippen LogP contribution is -2.27. The number of hydrogen-bond acceptors (Lipinski definition) is 5. The molecule has 3 aromatic carbocycles. The normalized spacial score (nSPS) is 14.6. The first kappa shape index (κ1) is 23.8. The summed E-state index contributed by atoms with van der Waals surface area (Å²) in [5, 5.41) is 2.51. The summed E-state index contributed by atoms with van der Waals surface area (Å²) in [4.78, 5) is 38.9. The average molecular weight is 537 g/mol. The number of ether oxygens (including phenoxy) is 1. The molecule has 1 fully saturated rings. The largest absolute Gasteiger partial charge is 0.484 e. The van der Waals surface area contributed by atoms with Crippen LogP contribution in [0.15, 0.2) is 76.1 Å². The maximum atomic E-state index is 12.7. The van der Waals surface area contributed by atoms with Gasteiger partial charge in [0.05, 0.1) is 16.3 Å². The maximum absolute atomic E-state index is 12.7. The van der Waals surface area contributed by atoms with Crippen molar-refractivity contribution >= 4 is 62.2 Å². The van der Waals surface area contributed by atoms with Crippen molar-refractivity contribution in [3.8, 4) is 5.75 Å².